The molecule has 4 nitrogen and oxygen atoms in total. The number of rotatable bonds is 8. The van der Waals surface area contributed by atoms with E-state index in [9.17, 15) is 5.11 Å². The van der Waals surface area contributed by atoms with Crippen LogP contribution in [0.4, 0.5) is 0 Å². The van der Waals surface area contributed by atoms with E-state index in [1.165, 1.54) is 5.56 Å². The van der Waals surface area contributed by atoms with Crippen LogP contribution in [0.2, 0.25) is 0 Å². The lowest BCUT2D eigenvalue weighted by molar-refractivity contribution is 0.132. The largest absolute Gasteiger partial charge is 0.489 e. The SMILES string of the molecule is CNCC(O)C(c1ccccc1)n1ccc2cc(OCc3cccc(C)c3)ccc21. The van der Waals surface area contributed by atoms with Gasteiger partial charge in [-0.2, -0.15) is 0 Å². The molecule has 0 radical (unpaired) electrons. The van der Waals surface area contributed by atoms with Crippen LogP contribution in [0.1, 0.15) is 22.7 Å². The molecule has 1 heterocycles. The lowest BCUT2D eigenvalue weighted by Gasteiger charge is -2.26. The van der Waals surface area contributed by atoms with Crippen molar-refractivity contribution in [3.63, 3.8) is 0 Å². The molecule has 0 saturated heterocycles. The molecule has 4 aromatic rings. The Morgan fingerprint density at radius 3 is 2.57 bits per heavy atom. The standard InChI is InChI=1S/C26H28N2O2/c1-19-7-6-8-20(15-19)18-30-23-11-12-24-22(16-23)13-14-28(24)26(25(29)17-27-2)21-9-4-3-5-10-21/h3-16,25-27,29H,17-18H2,1-2H3. The number of likely N-dealkylation sites (N-methyl/N-ethyl adjacent to an activating group) is 1. The maximum absolute atomic E-state index is 10.9. The van der Waals surface area contributed by atoms with Gasteiger partial charge in [-0.05, 0) is 49.4 Å². The summed E-state index contributed by atoms with van der Waals surface area (Å²) in [6, 6.07) is 26.6. The summed E-state index contributed by atoms with van der Waals surface area (Å²) < 4.78 is 8.18. The lowest BCUT2D eigenvalue weighted by Crippen LogP contribution is -2.33. The van der Waals surface area contributed by atoms with Gasteiger partial charge in [-0.1, -0.05) is 60.2 Å². The first-order chi connectivity index (χ1) is 14.7. The van der Waals surface area contributed by atoms with Crippen molar-refractivity contribution in [1.29, 1.82) is 0 Å². The number of benzene rings is 3. The molecule has 154 valence electrons. The van der Waals surface area contributed by atoms with Gasteiger partial charge in [0.1, 0.15) is 12.4 Å². The molecular weight excluding hydrogens is 372 g/mol. The molecule has 3 aromatic carbocycles. The molecule has 4 heteroatoms. The molecule has 2 N–H and O–H groups in total. The Labute approximate surface area is 177 Å². The number of nitrogens with zero attached hydrogens (tertiary/aromatic N) is 1. The fourth-order valence-corrected chi connectivity index (χ4v) is 3.98. The van der Waals surface area contributed by atoms with Gasteiger partial charge in [0.2, 0.25) is 0 Å². The number of aliphatic hydroxyl groups excluding tert-OH is 1. The smallest absolute Gasteiger partial charge is 0.120 e. The topological polar surface area (TPSA) is 46.4 Å². The van der Waals surface area contributed by atoms with Gasteiger partial charge < -0.3 is 19.7 Å². The molecule has 0 aliphatic rings. The second-order valence-electron chi connectivity index (χ2n) is 7.70. The number of ether oxygens (including phenoxy) is 1. The number of aryl methyl sites for hydroxylation is 1. The van der Waals surface area contributed by atoms with Crippen molar-refractivity contribution in [3.05, 3.63) is 102 Å². The number of aliphatic hydroxyl groups is 1. The Morgan fingerprint density at radius 1 is 0.967 bits per heavy atom. The zero-order valence-electron chi connectivity index (χ0n) is 17.5. The van der Waals surface area contributed by atoms with Crippen LogP contribution < -0.4 is 10.1 Å². The molecule has 0 amide bonds. The molecule has 2 unspecified atom stereocenters. The van der Waals surface area contributed by atoms with Crippen LogP contribution in [0, 0.1) is 6.92 Å². The molecule has 0 bridgehead atoms. The first-order valence-corrected chi connectivity index (χ1v) is 10.3. The van der Waals surface area contributed by atoms with Crippen molar-refractivity contribution in [2.24, 2.45) is 0 Å². The van der Waals surface area contributed by atoms with E-state index in [4.69, 9.17) is 4.74 Å². The van der Waals surface area contributed by atoms with E-state index in [1.54, 1.807) is 0 Å². The number of fused-ring (bicyclic) bond motifs is 1. The summed E-state index contributed by atoms with van der Waals surface area (Å²) in [4.78, 5) is 0. The molecule has 2 atom stereocenters. The van der Waals surface area contributed by atoms with Crippen molar-refractivity contribution >= 4 is 10.9 Å². The number of hydrogen-bond donors (Lipinski definition) is 2. The summed E-state index contributed by atoms with van der Waals surface area (Å²) in [6.07, 6.45) is 1.50. The van der Waals surface area contributed by atoms with Gasteiger partial charge in [0.25, 0.3) is 0 Å². The van der Waals surface area contributed by atoms with Gasteiger partial charge >= 0.3 is 0 Å². The quantitative estimate of drug-likeness (QED) is 0.451. The Balaban J connectivity index is 1.61. The Hall–Kier alpha value is -3.08. The van der Waals surface area contributed by atoms with Crippen LogP contribution in [0.5, 0.6) is 5.75 Å². The van der Waals surface area contributed by atoms with E-state index < -0.39 is 6.10 Å². The maximum atomic E-state index is 10.9. The fourth-order valence-electron chi connectivity index (χ4n) is 3.98. The zero-order chi connectivity index (χ0) is 20.9. The molecule has 0 aliphatic carbocycles. The van der Waals surface area contributed by atoms with Crippen molar-refractivity contribution in [3.8, 4) is 5.75 Å². The first kappa shape index (κ1) is 20.2. The summed E-state index contributed by atoms with van der Waals surface area (Å²) in [5.74, 6) is 0.841. The molecule has 1 aromatic heterocycles. The van der Waals surface area contributed by atoms with Crippen LogP contribution >= 0.6 is 0 Å². The van der Waals surface area contributed by atoms with Crippen molar-refractivity contribution in [1.82, 2.24) is 9.88 Å². The highest BCUT2D eigenvalue weighted by Gasteiger charge is 2.23. The summed E-state index contributed by atoms with van der Waals surface area (Å²) in [6.45, 7) is 3.14. The molecular formula is C26H28N2O2. The lowest BCUT2D eigenvalue weighted by atomic mass is 10.0. The molecule has 0 saturated carbocycles. The predicted molar refractivity (Wildman–Crippen MR) is 122 cm³/mol. The molecule has 0 aliphatic heterocycles. The minimum Gasteiger partial charge on any atom is -0.489 e. The fraction of sp³-hybridized carbons (Fsp3) is 0.231. The van der Waals surface area contributed by atoms with E-state index in [0.717, 1.165) is 27.8 Å². The van der Waals surface area contributed by atoms with E-state index in [2.05, 4.69) is 71.4 Å². The molecule has 0 spiro atoms. The van der Waals surface area contributed by atoms with Gasteiger partial charge in [-0.25, -0.2) is 0 Å². The van der Waals surface area contributed by atoms with Crippen LogP contribution in [-0.4, -0.2) is 29.4 Å². The van der Waals surface area contributed by atoms with Gasteiger partial charge in [0.15, 0.2) is 0 Å². The predicted octanol–water partition coefficient (Wildman–Crippen LogP) is 4.70. The minimum absolute atomic E-state index is 0.171. The Kier molecular flexibility index (Phi) is 6.17. The summed E-state index contributed by atoms with van der Waals surface area (Å²) in [5.41, 5.74) is 4.54. The van der Waals surface area contributed by atoms with Gasteiger partial charge in [-0.3, -0.25) is 0 Å². The van der Waals surface area contributed by atoms with E-state index in [0.29, 0.717) is 13.2 Å². The van der Waals surface area contributed by atoms with Crippen LogP contribution in [0.15, 0.2) is 85.1 Å². The van der Waals surface area contributed by atoms with Crippen molar-refractivity contribution < 1.29 is 9.84 Å². The highest BCUT2D eigenvalue weighted by molar-refractivity contribution is 5.82. The highest BCUT2D eigenvalue weighted by Crippen LogP contribution is 2.30. The average Bonchev–Trinajstić information content (AvgIpc) is 3.16. The Bertz CT molecular complexity index is 1100. The number of aromatic nitrogens is 1. The number of hydrogen-bond acceptors (Lipinski definition) is 3. The highest BCUT2D eigenvalue weighted by atomic mass is 16.5. The van der Waals surface area contributed by atoms with E-state index >= 15 is 0 Å². The minimum atomic E-state index is -0.551. The average molecular weight is 401 g/mol. The van der Waals surface area contributed by atoms with Gasteiger partial charge in [0.05, 0.1) is 12.1 Å². The zero-order valence-corrected chi connectivity index (χ0v) is 17.5. The van der Waals surface area contributed by atoms with Crippen LogP contribution in [0.25, 0.3) is 10.9 Å². The third-order valence-corrected chi connectivity index (χ3v) is 5.40. The van der Waals surface area contributed by atoms with E-state index in [1.807, 2.05) is 37.5 Å². The first-order valence-electron chi connectivity index (χ1n) is 10.3. The Morgan fingerprint density at radius 2 is 1.80 bits per heavy atom. The maximum Gasteiger partial charge on any atom is 0.120 e. The number of nitrogens with one attached hydrogen (secondary N) is 1. The normalized spacial score (nSPS) is 13.3. The second kappa shape index (κ2) is 9.16. The monoisotopic (exact) mass is 400 g/mol. The van der Waals surface area contributed by atoms with Crippen molar-refractivity contribution in [2.45, 2.75) is 25.7 Å². The van der Waals surface area contributed by atoms with Gasteiger partial charge in [0, 0.05) is 23.6 Å². The second-order valence-corrected chi connectivity index (χ2v) is 7.70. The molecule has 30 heavy (non-hydrogen) atoms. The van der Waals surface area contributed by atoms with E-state index in [-0.39, 0.29) is 6.04 Å². The van der Waals surface area contributed by atoms with Crippen LogP contribution in [-0.2, 0) is 6.61 Å². The third kappa shape index (κ3) is 4.40. The molecule has 4 rings (SSSR count). The molecule has 0 fully saturated rings. The summed E-state index contributed by atoms with van der Waals surface area (Å²) in [5, 5.41) is 15.1. The van der Waals surface area contributed by atoms with Crippen LogP contribution in [0.3, 0.4) is 0 Å². The third-order valence-electron chi connectivity index (χ3n) is 5.40. The summed E-state index contributed by atoms with van der Waals surface area (Å²) >= 11 is 0. The summed E-state index contributed by atoms with van der Waals surface area (Å²) in [7, 11) is 1.86. The van der Waals surface area contributed by atoms with Crippen molar-refractivity contribution in [2.75, 3.05) is 13.6 Å². The van der Waals surface area contributed by atoms with Gasteiger partial charge in [-0.15, -0.1) is 0 Å².